The lowest BCUT2D eigenvalue weighted by Crippen LogP contribution is -2.16. The summed E-state index contributed by atoms with van der Waals surface area (Å²) in [6, 6.07) is 7.50. The van der Waals surface area contributed by atoms with Gasteiger partial charge in [0.15, 0.2) is 0 Å². The van der Waals surface area contributed by atoms with Crippen molar-refractivity contribution in [3.05, 3.63) is 40.1 Å². The van der Waals surface area contributed by atoms with Gasteiger partial charge in [-0.25, -0.2) is 0 Å². The number of aryl methyl sites for hydroxylation is 2. The Morgan fingerprint density at radius 2 is 2.05 bits per heavy atom. The van der Waals surface area contributed by atoms with Crippen LogP contribution in [0.5, 0.6) is 5.75 Å². The van der Waals surface area contributed by atoms with Gasteiger partial charge in [0.1, 0.15) is 5.75 Å². The van der Waals surface area contributed by atoms with Crippen LogP contribution >= 0.6 is 15.9 Å². The third kappa shape index (κ3) is 3.84. The lowest BCUT2D eigenvalue weighted by molar-refractivity contribution is -0.116. The summed E-state index contributed by atoms with van der Waals surface area (Å²) in [7, 11) is 0. The number of anilines is 1. The summed E-state index contributed by atoms with van der Waals surface area (Å²) in [5.74, 6) is 0.659. The molecule has 20 heavy (non-hydrogen) atoms. The molecule has 0 atom stereocenters. The molecule has 106 valence electrons. The molecule has 0 aliphatic carbocycles. The first-order valence-electron chi connectivity index (χ1n) is 6.26. The van der Waals surface area contributed by atoms with Crippen molar-refractivity contribution < 1.29 is 9.53 Å². The van der Waals surface area contributed by atoms with Crippen molar-refractivity contribution in [1.82, 2.24) is 10.2 Å². The van der Waals surface area contributed by atoms with Gasteiger partial charge < -0.3 is 10.1 Å². The Morgan fingerprint density at radius 1 is 1.35 bits per heavy atom. The molecule has 5 nitrogen and oxygen atoms in total. The van der Waals surface area contributed by atoms with Crippen molar-refractivity contribution in [2.24, 2.45) is 0 Å². The average molecular weight is 338 g/mol. The Bertz CT molecular complexity index is 573. The number of aromatic nitrogens is 2. The van der Waals surface area contributed by atoms with Gasteiger partial charge in [-0.05, 0) is 38.1 Å². The van der Waals surface area contributed by atoms with Crippen LogP contribution in [0.3, 0.4) is 0 Å². The molecule has 1 heterocycles. The third-order valence-corrected chi connectivity index (χ3v) is 3.33. The fourth-order valence-corrected chi connectivity index (χ4v) is 1.99. The zero-order valence-corrected chi connectivity index (χ0v) is 13.0. The molecular formula is C14H16BrN3O2. The number of nitrogens with one attached hydrogen (secondary N) is 2. The molecule has 0 bridgehead atoms. The number of aromatic amines is 1. The summed E-state index contributed by atoms with van der Waals surface area (Å²) in [5.41, 5.74) is 2.38. The van der Waals surface area contributed by atoms with Crippen LogP contribution in [-0.4, -0.2) is 22.7 Å². The summed E-state index contributed by atoms with van der Waals surface area (Å²) in [5, 5.41) is 9.69. The minimum absolute atomic E-state index is 0.0882. The second kappa shape index (κ2) is 6.56. The molecule has 0 spiro atoms. The van der Waals surface area contributed by atoms with Crippen LogP contribution in [0, 0.1) is 13.8 Å². The molecule has 0 aliphatic rings. The molecule has 0 saturated heterocycles. The first-order valence-corrected chi connectivity index (χ1v) is 7.05. The van der Waals surface area contributed by atoms with E-state index in [9.17, 15) is 4.79 Å². The number of H-pyrrole nitrogens is 1. The highest BCUT2D eigenvalue weighted by atomic mass is 79.9. The van der Waals surface area contributed by atoms with E-state index in [4.69, 9.17) is 4.74 Å². The maximum absolute atomic E-state index is 11.8. The summed E-state index contributed by atoms with van der Waals surface area (Å²) in [4.78, 5) is 11.8. The summed E-state index contributed by atoms with van der Waals surface area (Å²) in [6.07, 6.45) is 0.292. The number of amides is 1. The van der Waals surface area contributed by atoms with E-state index < -0.39 is 0 Å². The van der Waals surface area contributed by atoms with Crippen molar-refractivity contribution in [2.75, 3.05) is 11.9 Å². The smallest absolute Gasteiger partial charge is 0.227 e. The molecule has 0 fully saturated rings. The zero-order chi connectivity index (χ0) is 14.5. The van der Waals surface area contributed by atoms with E-state index in [1.807, 2.05) is 38.1 Å². The van der Waals surface area contributed by atoms with Crippen molar-refractivity contribution in [2.45, 2.75) is 20.3 Å². The van der Waals surface area contributed by atoms with E-state index in [1.54, 1.807) is 0 Å². The van der Waals surface area contributed by atoms with Gasteiger partial charge in [0.2, 0.25) is 5.91 Å². The zero-order valence-electron chi connectivity index (χ0n) is 11.4. The monoisotopic (exact) mass is 337 g/mol. The molecule has 6 heteroatoms. The lowest BCUT2D eigenvalue weighted by atomic mass is 10.3. The van der Waals surface area contributed by atoms with Crippen molar-refractivity contribution in [1.29, 1.82) is 0 Å². The minimum Gasteiger partial charge on any atom is -0.493 e. The quantitative estimate of drug-likeness (QED) is 0.880. The maximum atomic E-state index is 11.8. The van der Waals surface area contributed by atoms with Gasteiger partial charge in [-0.1, -0.05) is 15.9 Å². The number of hydrogen-bond acceptors (Lipinski definition) is 3. The highest BCUT2D eigenvalue weighted by Gasteiger charge is 2.10. The molecule has 0 unspecified atom stereocenters. The SMILES string of the molecule is Cc1n[nH]c(C)c1NC(=O)CCOc1ccc(Br)cc1. The Morgan fingerprint density at radius 3 is 2.65 bits per heavy atom. The highest BCUT2D eigenvalue weighted by molar-refractivity contribution is 9.10. The van der Waals surface area contributed by atoms with Crippen LogP contribution in [0.15, 0.2) is 28.7 Å². The third-order valence-electron chi connectivity index (χ3n) is 2.80. The summed E-state index contributed by atoms with van der Waals surface area (Å²) < 4.78 is 6.50. The molecule has 2 aromatic rings. The van der Waals surface area contributed by atoms with Crippen LogP contribution < -0.4 is 10.1 Å². The van der Waals surface area contributed by atoms with E-state index >= 15 is 0 Å². The number of benzene rings is 1. The number of hydrogen-bond donors (Lipinski definition) is 2. The summed E-state index contributed by atoms with van der Waals surface area (Å²) >= 11 is 3.36. The topological polar surface area (TPSA) is 67.0 Å². The first kappa shape index (κ1) is 14.6. The van der Waals surface area contributed by atoms with Gasteiger partial charge in [0, 0.05) is 4.47 Å². The number of carbonyl (C=O) groups is 1. The number of ether oxygens (including phenoxy) is 1. The minimum atomic E-state index is -0.0882. The van der Waals surface area contributed by atoms with Gasteiger partial charge in [0.25, 0.3) is 0 Å². The number of rotatable bonds is 5. The second-order valence-corrected chi connectivity index (χ2v) is 5.33. The molecule has 1 amide bonds. The van der Waals surface area contributed by atoms with Crippen molar-refractivity contribution in [3.63, 3.8) is 0 Å². The largest absolute Gasteiger partial charge is 0.493 e. The predicted octanol–water partition coefficient (Wildman–Crippen LogP) is 3.20. The van der Waals surface area contributed by atoms with Gasteiger partial charge in [0.05, 0.1) is 30.1 Å². The van der Waals surface area contributed by atoms with Gasteiger partial charge in [-0.15, -0.1) is 0 Å². The van der Waals surface area contributed by atoms with E-state index in [-0.39, 0.29) is 5.91 Å². The fourth-order valence-electron chi connectivity index (χ4n) is 1.73. The fraction of sp³-hybridized carbons (Fsp3) is 0.286. The van der Waals surface area contributed by atoms with Crippen LogP contribution in [0.1, 0.15) is 17.8 Å². The van der Waals surface area contributed by atoms with Gasteiger partial charge in [-0.3, -0.25) is 9.89 Å². The van der Waals surface area contributed by atoms with E-state index in [0.29, 0.717) is 13.0 Å². The molecule has 0 radical (unpaired) electrons. The Balaban J connectivity index is 1.80. The molecule has 0 aliphatic heterocycles. The molecule has 2 rings (SSSR count). The first-order chi connectivity index (χ1) is 9.56. The van der Waals surface area contributed by atoms with E-state index in [1.165, 1.54) is 0 Å². The van der Waals surface area contributed by atoms with Crippen LogP contribution in [0.25, 0.3) is 0 Å². The molecule has 1 aromatic carbocycles. The highest BCUT2D eigenvalue weighted by Crippen LogP contribution is 2.17. The molecule has 1 aromatic heterocycles. The summed E-state index contributed by atoms with van der Waals surface area (Å²) in [6.45, 7) is 4.05. The Hall–Kier alpha value is -1.82. The standard InChI is InChI=1S/C14H16BrN3O2/c1-9-14(10(2)18-17-9)16-13(19)7-8-20-12-5-3-11(15)4-6-12/h3-6H,7-8H2,1-2H3,(H,16,19)(H,17,18). The second-order valence-electron chi connectivity index (χ2n) is 4.41. The Kier molecular flexibility index (Phi) is 4.79. The lowest BCUT2D eigenvalue weighted by Gasteiger charge is -2.07. The van der Waals surface area contributed by atoms with E-state index in [0.717, 1.165) is 27.3 Å². The van der Waals surface area contributed by atoms with Crippen LogP contribution in [0.4, 0.5) is 5.69 Å². The van der Waals surface area contributed by atoms with Crippen LogP contribution in [0.2, 0.25) is 0 Å². The van der Waals surface area contributed by atoms with Crippen molar-refractivity contribution in [3.8, 4) is 5.75 Å². The van der Waals surface area contributed by atoms with Gasteiger partial charge >= 0.3 is 0 Å². The van der Waals surface area contributed by atoms with Gasteiger partial charge in [-0.2, -0.15) is 5.10 Å². The number of halogens is 1. The average Bonchev–Trinajstić information content (AvgIpc) is 2.73. The van der Waals surface area contributed by atoms with Crippen molar-refractivity contribution >= 4 is 27.5 Å². The molecule has 0 saturated carbocycles. The predicted molar refractivity (Wildman–Crippen MR) is 80.9 cm³/mol. The number of nitrogens with zero attached hydrogens (tertiary/aromatic N) is 1. The van der Waals surface area contributed by atoms with E-state index in [2.05, 4.69) is 31.4 Å². The maximum Gasteiger partial charge on any atom is 0.227 e. The van der Waals surface area contributed by atoms with Crippen LogP contribution in [-0.2, 0) is 4.79 Å². The normalized spacial score (nSPS) is 10.3. The molecular weight excluding hydrogens is 322 g/mol. The number of carbonyl (C=O) groups excluding carboxylic acids is 1. The Labute approximate surface area is 125 Å². The molecule has 2 N–H and O–H groups in total.